The lowest BCUT2D eigenvalue weighted by Crippen LogP contribution is -2.22. The molecule has 1 aliphatic rings. The molecule has 0 aliphatic carbocycles. The summed E-state index contributed by atoms with van der Waals surface area (Å²) in [6.45, 7) is 4.09. The van der Waals surface area contributed by atoms with Gasteiger partial charge in [-0.1, -0.05) is 30.3 Å². The van der Waals surface area contributed by atoms with E-state index >= 15 is 0 Å². The first kappa shape index (κ1) is 16.7. The molecule has 0 amide bonds. The Morgan fingerprint density at radius 1 is 1.12 bits per heavy atom. The molecule has 128 valence electrons. The van der Waals surface area contributed by atoms with E-state index in [1.807, 2.05) is 50.2 Å². The number of nitrogens with one attached hydrogen (secondary N) is 2. The van der Waals surface area contributed by atoms with Gasteiger partial charge in [-0.25, -0.2) is 18.4 Å². The number of sulfone groups is 1. The van der Waals surface area contributed by atoms with Crippen LogP contribution < -0.4 is 10.6 Å². The second-order valence-corrected chi connectivity index (χ2v) is 8.60. The molecule has 3 rings (SSSR count). The van der Waals surface area contributed by atoms with Crippen molar-refractivity contribution in [2.45, 2.75) is 32.4 Å². The summed E-state index contributed by atoms with van der Waals surface area (Å²) < 4.78 is 23.3. The van der Waals surface area contributed by atoms with Crippen molar-refractivity contribution in [2.75, 3.05) is 22.1 Å². The molecular weight excluding hydrogens is 324 g/mol. The first-order valence-corrected chi connectivity index (χ1v) is 9.91. The summed E-state index contributed by atoms with van der Waals surface area (Å²) in [5.41, 5.74) is 0.923. The van der Waals surface area contributed by atoms with E-state index in [0.717, 1.165) is 11.4 Å². The van der Waals surface area contributed by atoms with Gasteiger partial charge in [0.05, 0.1) is 11.5 Å². The van der Waals surface area contributed by atoms with Crippen molar-refractivity contribution < 1.29 is 8.42 Å². The standard InChI is InChI=1S/C17H22N4O2S/c1-12(2)18-15-10-16(19-14-8-9-24(22,23)11-14)21-17(20-15)13-6-4-3-5-7-13/h3-7,10,12,14H,8-9,11H2,1-2H3,(H2,18,19,20,21). The van der Waals surface area contributed by atoms with E-state index in [-0.39, 0.29) is 23.6 Å². The van der Waals surface area contributed by atoms with Gasteiger partial charge >= 0.3 is 0 Å². The van der Waals surface area contributed by atoms with Crippen LogP contribution in [0.25, 0.3) is 11.4 Å². The summed E-state index contributed by atoms with van der Waals surface area (Å²) in [7, 11) is -2.93. The van der Waals surface area contributed by atoms with Gasteiger partial charge < -0.3 is 10.6 Å². The molecule has 24 heavy (non-hydrogen) atoms. The third kappa shape index (κ3) is 4.23. The summed E-state index contributed by atoms with van der Waals surface area (Å²) >= 11 is 0. The van der Waals surface area contributed by atoms with Crippen LogP contribution in [0.15, 0.2) is 36.4 Å². The summed E-state index contributed by atoms with van der Waals surface area (Å²) in [4.78, 5) is 9.13. The summed E-state index contributed by atoms with van der Waals surface area (Å²) in [5.74, 6) is 2.38. The molecule has 2 aromatic rings. The predicted molar refractivity (Wildman–Crippen MR) is 96.9 cm³/mol. The van der Waals surface area contributed by atoms with Crippen molar-refractivity contribution in [3.8, 4) is 11.4 Å². The SMILES string of the molecule is CC(C)Nc1cc(NC2CCS(=O)(=O)C2)nc(-c2ccccc2)n1. The Morgan fingerprint density at radius 2 is 1.83 bits per heavy atom. The lowest BCUT2D eigenvalue weighted by Gasteiger charge is -2.16. The van der Waals surface area contributed by atoms with Crippen LogP contribution in [0.5, 0.6) is 0 Å². The van der Waals surface area contributed by atoms with Crippen LogP contribution >= 0.6 is 0 Å². The van der Waals surface area contributed by atoms with Gasteiger partial charge in [0, 0.05) is 23.7 Å². The number of nitrogens with zero attached hydrogens (tertiary/aromatic N) is 2. The van der Waals surface area contributed by atoms with Gasteiger partial charge in [-0.2, -0.15) is 0 Å². The number of benzene rings is 1. The van der Waals surface area contributed by atoms with Gasteiger partial charge in [0.1, 0.15) is 11.6 Å². The fourth-order valence-corrected chi connectivity index (χ4v) is 4.40. The van der Waals surface area contributed by atoms with Gasteiger partial charge in [0.2, 0.25) is 0 Å². The van der Waals surface area contributed by atoms with Crippen LogP contribution in [-0.2, 0) is 9.84 Å². The van der Waals surface area contributed by atoms with Gasteiger partial charge in [-0.3, -0.25) is 0 Å². The number of hydrogen-bond acceptors (Lipinski definition) is 6. The highest BCUT2D eigenvalue weighted by atomic mass is 32.2. The maximum Gasteiger partial charge on any atom is 0.163 e. The van der Waals surface area contributed by atoms with Crippen molar-refractivity contribution in [1.29, 1.82) is 0 Å². The van der Waals surface area contributed by atoms with E-state index in [2.05, 4.69) is 20.6 Å². The van der Waals surface area contributed by atoms with Crippen molar-refractivity contribution in [3.63, 3.8) is 0 Å². The molecule has 1 aromatic carbocycles. The number of rotatable bonds is 5. The quantitative estimate of drug-likeness (QED) is 0.866. The van der Waals surface area contributed by atoms with Crippen LogP contribution in [0.2, 0.25) is 0 Å². The highest BCUT2D eigenvalue weighted by Crippen LogP contribution is 2.23. The fraction of sp³-hybridized carbons (Fsp3) is 0.412. The highest BCUT2D eigenvalue weighted by Gasteiger charge is 2.28. The maximum absolute atomic E-state index is 11.6. The van der Waals surface area contributed by atoms with Crippen molar-refractivity contribution in [2.24, 2.45) is 0 Å². The third-order valence-electron chi connectivity index (χ3n) is 3.78. The molecule has 1 unspecified atom stereocenters. The lowest BCUT2D eigenvalue weighted by atomic mass is 10.2. The van der Waals surface area contributed by atoms with Gasteiger partial charge in [-0.05, 0) is 20.3 Å². The largest absolute Gasteiger partial charge is 0.368 e. The molecule has 2 heterocycles. The van der Waals surface area contributed by atoms with Crippen LogP contribution in [0.3, 0.4) is 0 Å². The minimum Gasteiger partial charge on any atom is -0.368 e. The molecule has 2 N–H and O–H groups in total. The molecule has 1 atom stereocenters. The van der Waals surface area contributed by atoms with E-state index < -0.39 is 9.84 Å². The minimum absolute atomic E-state index is 0.0968. The van der Waals surface area contributed by atoms with E-state index in [4.69, 9.17) is 0 Å². The van der Waals surface area contributed by atoms with E-state index in [0.29, 0.717) is 18.1 Å². The molecule has 0 saturated carbocycles. The number of hydrogen-bond donors (Lipinski definition) is 2. The van der Waals surface area contributed by atoms with Crippen molar-refractivity contribution >= 4 is 21.5 Å². The Bertz CT molecular complexity index is 807. The second-order valence-electron chi connectivity index (χ2n) is 6.37. The second kappa shape index (κ2) is 6.76. The van der Waals surface area contributed by atoms with Gasteiger partial charge in [0.15, 0.2) is 15.7 Å². The zero-order valence-corrected chi connectivity index (χ0v) is 14.7. The zero-order valence-electron chi connectivity index (χ0n) is 13.9. The average Bonchev–Trinajstić information content (AvgIpc) is 2.86. The minimum atomic E-state index is -2.93. The smallest absolute Gasteiger partial charge is 0.163 e. The molecule has 1 fully saturated rings. The molecule has 7 heteroatoms. The van der Waals surface area contributed by atoms with Crippen LogP contribution in [-0.4, -0.2) is 42.0 Å². The molecule has 0 bridgehead atoms. The normalized spacial score (nSPS) is 19.4. The Balaban J connectivity index is 1.90. The van der Waals surface area contributed by atoms with Crippen molar-refractivity contribution in [3.05, 3.63) is 36.4 Å². The maximum atomic E-state index is 11.6. The molecule has 1 saturated heterocycles. The fourth-order valence-electron chi connectivity index (χ4n) is 2.73. The Morgan fingerprint density at radius 3 is 2.46 bits per heavy atom. The van der Waals surface area contributed by atoms with Gasteiger partial charge in [-0.15, -0.1) is 0 Å². The average molecular weight is 346 g/mol. The monoisotopic (exact) mass is 346 g/mol. The van der Waals surface area contributed by atoms with Crippen molar-refractivity contribution in [1.82, 2.24) is 9.97 Å². The highest BCUT2D eigenvalue weighted by molar-refractivity contribution is 7.91. The Kier molecular flexibility index (Phi) is 4.71. The molecule has 1 aliphatic heterocycles. The Hall–Kier alpha value is -2.15. The van der Waals surface area contributed by atoms with Crippen LogP contribution in [0, 0.1) is 0 Å². The van der Waals surface area contributed by atoms with E-state index in [1.54, 1.807) is 0 Å². The predicted octanol–water partition coefficient (Wildman–Crippen LogP) is 2.56. The summed E-state index contributed by atoms with van der Waals surface area (Å²) in [6.07, 6.45) is 0.611. The zero-order chi connectivity index (χ0) is 17.2. The van der Waals surface area contributed by atoms with Gasteiger partial charge in [0.25, 0.3) is 0 Å². The molecular formula is C17H22N4O2S. The van der Waals surface area contributed by atoms with Crippen LogP contribution in [0.1, 0.15) is 20.3 Å². The number of aromatic nitrogens is 2. The molecule has 0 spiro atoms. The first-order chi connectivity index (χ1) is 11.4. The van der Waals surface area contributed by atoms with Crippen LogP contribution in [0.4, 0.5) is 11.6 Å². The first-order valence-electron chi connectivity index (χ1n) is 8.09. The summed E-state index contributed by atoms with van der Waals surface area (Å²) in [6, 6.07) is 11.7. The lowest BCUT2D eigenvalue weighted by molar-refractivity contribution is 0.602. The molecule has 6 nitrogen and oxygen atoms in total. The topological polar surface area (TPSA) is 84.0 Å². The molecule has 1 aromatic heterocycles. The van der Waals surface area contributed by atoms with E-state index in [9.17, 15) is 8.42 Å². The Labute approximate surface area is 142 Å². The number of anilines is 2. The van der Waals surface area contributed by atoms with E-state index in [1.165, 1.54) is 0 Å². The summed E-state index contributed by atoms with van der Waals surface area (Å²) in [5, 5.41) is 6.54. The molecule has 0 radical (unpaired) electrons. The third-order valence-corrected chi connectivity index (χ3v) is 5.55.